The van der Waals surface area contributed by atoms with Crippen LogP contribution in [0.4, 0.5) is 10.1 Å². The Morgan fingerprint density at radius 3 is 2.52 bits per heavy atom. The molecule has 0 spiro atoms. The van der Waals surface area contributed by atoms with Crippen LogP contribution in [0.5, 0.6) is 0 Å². The number of amides is 1. The number of H-pyrrole nitrogens is 2. The first kappa shape index (κ1) is 18.3. The van der Waals surface area contributed by atoms with E-state index in [0.717, 1.165) is 5.56 Å². The first-order valence-electron chi connectivity index (χ1n) is 8.72. The molecule has 8 heteroatoms. The standard InChI is InChI=1S/C21H15FN4O3/c1-11-18(20(28)26-21(29)23-11)25-19(27)15-10-16(12-5-3-2-4-6-12)24-17-9-13(22)7-8-14(15)17/h2-10H,1H3,(H,25,27)(H2,23,26,28,29). The van der Waals surface area contributed by atoms with Crippen molar-refractivity contribution < 1.29 is 9.18 Å². The summed E-state index contributed by atoms with van der Waals surface area (Å²) >= 11 is 0. The van der Waals surface area contributed by atoms with Crippen molar-refractivity contribution >= 4 is 22.5 Å². The van der Waals surface area contributed by atoms with Crippen molar-refractivity contribution in [1.29, 1.82) is 0 Å². The second-order valence-corrected chi connectivity index (χ2v) is 6.44. The van der Waals surface area contributed by atoms with Crippen LogP contribution in [0.15, 0.2) is 64.2 Å². The predicted molar refractivity (Wildman–Crippen MR) is 108 cm³/mol. The summed E-state index contributed by atoms with van der Waals surface area (Å²) in [6.07, 6.45) is 0. The summed E-state index contributed by atoms with van der Waals surface area (Å²) in [5, 5.41) is 2.97. The molecule has 7 nitrogen and oxygen atoms in total. The predicted octanol–water partition coefficient (Wildman–Crippen LogP) is 2.98. The minimum absolute atomic E-state index is 0.0667. The largest absolute Gasteiger partial charge is 0.326 e. The molecule has 0 saturated carbocycles. The van der Waals surface area contributed by atoms with Crippen molar-refractivity contribution in [3.63, 3.8) is 0 Å². The SMILES string of the molecule is Cc1[nH]c(=O)[nH]c(=O)c1NC(=O)c1cc(-c2ccccc2)nc2cc(F)ccc12. The zero-order valence-corrected chi connectivity index (χ0v) is 15.2. The van der Waals surface area contributed by atoms with E-state index in [-0.39, 0.29) is 16.9 Å². The number of hydrogen-bond acceptors (Lipinski definition) is 4. The number of aryl methyl sites for hydroxylation is 1. The Hall–Kier alpha value is -4.07. The molecule has 0 radical (unpaired) electrons. The van der Waals surface area contributed by atoms with Gasteiger partial charge in [0.05, 0.1) is 16.8 Å². The molecular formula is C21H15FN4O3. The van der Waals surface area contributed by atoms with Gasteiger partial charge in [-0.2, -0.15) is 0 Å². The average Bonchev–Trinajstić information content (AvgIpc) is 2.70. The maximum Gasteiger partial charge on any atom is 0.326 e. The van der Waals surface area contributed by atoms with Crippen LogP contribution in [-0.4, -0.2) is 20.9 Å². The summed E-state index contributed by atoms with van der Waals surface area (Å²) in [7, 11) is 0. The highest BCUT2D eigenvalue weighted by Crippen LogP contribution is 2.26. The molecule has 3 N–H and O–H groups in total. The van der Waals surface area contributed by atoms with E-state index in [1.165, 1.54) is 25.1 Å². The van der Waals surface area contributed by atoms with Gasteiger partial charge in [-0.05, 0) is 25.1 Å². The number of halogens is 1. The molecule has 2 aromatic heterocycles. The fraction of sp³-hybridized carbons (Fsp3) is 0.0476. The van der Waals surface area contributed by atoms with Crippen molar-refractivity contribution in [3.05, 3.63) is 92.5 Å². The van der Waals surface area contributed by atoms with Gasteiger partial charge in [0.1, 0.15) is 11.5 Å². The van der Waals surface area contributed by atoms with Gasteiger partial charge in [-0.1, -0.05) is 30.3 Å². The Morgan fingerprint density at radius 1 is 1.03 bits per heavy atom. The monoisotopic (exact) mass is 390 g/mol. The number of aromatic nitrogens is 3. The van der Waals surface area contributed by atoms with Gasteiger partial charge in [-0.25, -0.2) is 14.2 Å². The number of anilines is 1. The maximum atomic E-state index is 13.8. The maximum absolute atomic E-state index is 13.8. The third kappa shape index (κ3) is 3.55. The molecule has 2 heterocycles. The highest BCUT2D eigenvalue weighted by molar-refractivity contribution is 6.13. The molecular weight excluding hydrogens is 375 g/mol. The van der Waals surface area contributed by atoms with E-state index in [1.807, 2.05) is 30.3 Å². The van der Waals surface area contributed by atoms with E-state index in [9.17, 15) is 18.8 Å². The van der Waals surface area contributed by atoms with Crippen LogP contribution in [0.3, 0.4) is 0 Å². The lowest BCUT2D eigenvalue weighted by Crippen LogP contribution is -2.28. The molecule has 0 saturated heterocycles. The van der Waals surface area contributed by atoms with Gasteiger partial charge >= 0.3 is 5.69 Å². The molecule has 0 unspecified atom stereocenters. The van der Waals surface area contributed by atoms with Crippen LogP contribution >= 0.6 is 0 Å². The van der Waals surface area contributed by atoms with Crippen LogP contribution in [-0.2, 0) is 0 Å². The Bertz CT molecular complexity index is 1360. The zero-order valence-electron chi connectivity index (χ0n) is 15.2. The second-order valence-electron chi connectivity index (χ2n) is 6.44. The number of carbonyl (C=O) groups is 1. The second kappa shape index (κ2) is 7.16. The Kier molecular flexibility index (Phi) is 4.52. The Morgan fingerprint density at radius 2 is 1.79 bits per heavy atom. The Balaban J connectivity index is 1.87. The molecule has 0 atom stereocenters. The number of fused-ring (bicyclic) bond motifs is 1. The minimum Gasteiger partial charge on any atom is -0.316 e. The summed E-state index contributed by atoms with van der Waals surface area (Å²) in [5.74, 6) is -1.06. The highest BCUT2D eigenvalue weighted by Gasteiger charge is 2.17. The van der Waals surface area contributed by atoms with Gasteiger partial charge in [0, 0.05) is 22.7 Å². The van der Waals surface area contributed by atoms with Crippen molar-refractivity contribution in [2.24, 2.45) is 0 Å². The number of benzene rings is 2. The number of aromatic amines is 2. The molecule has 2 aromatic carbocycles. The Labute approximate surface area is 163 Å². The van der Waals surface area contributed by atoms with Crippen LogP contribution in [0.25, 0.3) is 22.2 Å². The molecule has 144 valence electrons. The molecule has 0 aliphatic heterocycles. The van der Waals surface area contributed by atoms with Gasteiger partial charge in [0.25, 0.3) is 11.5 Å². The van der Waals surface area contributed by atoms with Crippen LogP contribution < -0.4 is 16.6 Å². The van der Waals surface area contributed by atoms with Gasteiger partial charge in [0.15, 0.2) is 0 Å². The lowest BCUT2D eigenvalue weighted by molar-refractivity contribution is 0.102. The molecule has 0 fully saturated rings. The van der Waals surface area contributed by atoms with E-state index >= 15 is 0 Å². The number of nitrogens with one attached hydrogen (secondary N) is 3. The van der Waals surface area contributed by atoms with Crippen molar-refractivity contribution in [2.75, 3.05) is 5.32 Å². The minimum atomic E-state index is -0.715. The molecule has 0 aliphatic rings. The van der Waals surface area contributed by atoms with Crippen molar-refractivity contribution in [1.82, 2.24) is 15.0 Å². The molecule has 29 heavy (non-hydrogen) atoms. The molecule has 4 rings (SSSR count). The fourth-order valence-corrected chi connectivity index (χ4v) is 3.08. The van der Waals surface area contributed by atoms with Gasteiger partial charge in [0.2, 0.25) is 0 Å². The van der Waals surface area contributed by atoms with E-state index in [4.69, 9.17) is 0 Å². The first-order valence-corrected chi connectivity index (χ1v) is 8.72. The third-order valence-electron chi connectivity index (χ3n) is 4.45. The molecule has 0 bridgehead atoms. The number of carbonyl (C=O) groups excluding carboxylic acids is 1. The third-order valence-corrected chi connectivity index (χ3v) is 4.45. The number of pyridine rings is 1. The van der Waals surface area contributed by atoms with E-state index in [1.54, 1.807) is 6.07 Å². The summed E-state index contributed by atoms with van der Waals surface area (Å²) in [6.45, 7) is 1.50. The van der Waals surface area contributed by atoms with Crippen molar-refractivity contribution in [3.8, 4) is 11.3 Å². The van der Waals surface area contributed by atoms with Gasteiger partial charge in [-0.15, -0.1) is 0 Å². The van der Waals surface area contributed by atoms with Crippen LogP contribution in [0, 0.1) is 12.7 Å². The number of nitrogens with zero attached hydrogens (tertiary/aromatic N) is 1. The quantitative estimate of drug-likeness (QED) is 0.500. The summed E-state index contributed by atoms with van der Waals surface area (Å²) < 4.78 is 13.8. The number of hydrogen-bond donors (Lipinski definition) is 3. The lowest BCUT2D eigenvalue weighted by Gasteiger charge is -2.11. The molecule has 4 aromatic rings. The van der Waals surface area contributed by atoms with Crippen LogP contribution in [0.2, 0.25) is 0 Å². The first-order chi connectivity index (χ1) is 13.9. The smallest absolute Gasteiger partial charge is 0.316 e. The van der Waals surface area contributed by atoms with Crippen molar-refractivity contribution in [2.45, 2.75) is 6.92 Å². The van der Waals surface area contributed by atoms with E-state index in [2.05, 4.69) is 20.3 Å². The highest BCUT2D eigenvalue weighted by atomic mass is 19.1. The average molecular weight is 390 g/mol. The lowest BCUT2D eigenvalue weighted by atomic mass is 10.0. The van der Waals surface area contributed by atoms with Crippen LogP contribution in [0.1, 0.15) is 16.1 Å². The summed E-state index contributed by atoms with van der Waals surface area (Å²) in [5.41, 5.74) is 0.547. The van der Waals surface area contributed by atoms with Gasteiger partial charge in [-0.3, -0.25) is 14.6 Å². The van der Waals surface area contributed by atoms with E-state index in [0.29, 0.717) is 16.6 Å². The zero-order chi connectivity index (χ0) is 20.5. The number of rotatable bonds is 3. The molecule has 0 aliphatic carbocycles. The van der Waals surface area contributed by atoms with E-state index < -0.39 is 23.0 Å². The fourth-order valence-electron chi connectivity index (χ4n) is 3.08. The topological polar surface area (TPSA) is 108 Å². The summed E-state index contributed by atoms with van der Waals surface area (Å²) in [6, 6.07) is 14.7. The van der Waals surface area contributed by atoms with Gasteiger partial charge < -0.3 is 10.3 Å². The molecule has 1 amide bonds. The normalized spacial score (nSPS) is 10.8. The summed E-state index contributed by atoms with van der Waals surface area (Å²) in [4.78, 5) is 45.4.